The Bertz CT molecular complexity index is 737. The molecule has 24 heavy (non-hydrogen) atoms. The van der Waals surface area contributed by atoms with E-state index in [1.165, 1.54) is 10.4 Å². The smallest absolute Gasteiger partial charge is 0.326 e. The maximum Gasteiger partial charge on any atom is 0.417 e. The Morgan fingerprint density at radius 1 is 1.38 bits per heavy atom. The number of amides is 1. The third-order valence-electron chi connectivity index (χ3n) is 3.76. The van der Waals surface area contributed by atoms with Crippen LogP contribution in [0.3, 0.4) is 0 Å². The van der Waals surface area contributed by atoms with E-state index in [0.717, 1.165) is 18.4 Å². The summed E-state index contributed by atoms with van der Waals surface area (Å²) in [5.74, 6) is -1.13. The number of nitrogens with one attached hydrogen (secondary N) is 1. The highest BCUT2D eigenvalue weighted by Gasteiger charge is 2.34. The Morgan fingerprint density at radius 3 is 2.62 bits per heavy atom. The second-order valence-electron chi connectivity index (χ2n) is 5.64. The average Bonchev–Trinajstić information content (AvgIpc) is 2.47. The fourth-order valence-corrected chi connectivity index (χ4v) is 3.66. The van der Waals surface area contributed by atoms with E-state index < -0.39 is 38.6 Å². The number of rotatable bonds is 3. The quantitative estimate of drug-likeness (QED) is 0.871. The molecule has 1 aromatic carbocycles. The van der Waals surface area contributed by atoms with Crippen LogP contribution in [0.4, 0.5) is 18.9 Å². The van der Waals surface area contributed by atoms with Gasteiger partial charge in [0.25, 0.3) is 0 Å². The van der Waals surface area contributed by atoms with E-state index in [0.29, 0.717) is 19.4 Å². The molecule has 5 nitrogen and oxygen atoms in total. The van der Waals surface area contributed by atoms with Gasteiger partial charge in [-0.25, -0.2) is 12.7 Å². The minimum Gasteiger partial charge on any atom is -0.326 e. The van der Waals surface area contributed by atoms with E-state index in [-0.39, 0.29) is 12.2 Å². The molecular weight excluding hydrogens is 369 g/mol. The normalized spacial score (nSPS) is 20.0. The summed E-state index contributed by atoms with van der Waals surface area (Å²) in [5, 5.41) is 1.95. The second kappa shape index (κ2) is 6.89. The fourth-order valence-electron chi connectivity index (χ4n) is 2.52. The van der Waals surface area contributed by atoms with Crippen LogP contribution in [-0.4, -0.2) is 38.0 Å². The number of carbonyl (C=O) groups excluding carboxylic acids is 1. The Hall–Kier alpha value is -1.32. The highest BCUT2D eigenvalue weighted by atomic mass is 35.5. The van der Waals surface area contributed by atoms with Gasteiger partial charge in [0.1, 0.15) is 0 Å². The topological polar surface area (TPSA) is 66.5 Å². The third kappa shape index (κ3) is 4.61. The molecule has 0 saturated carbocycles. The lowest BCUT2D eigenvalue weighted by atomic mass is 9.98. The Balaban J connectivity index is 2.12. The van der Waals surface area contributed by atoms with Crippen LogP contribution < -0.4 is 5.32 Å². The molecule has 0 aromatic heterocycles. The summed E-state index contributed by atoms with van der Waals surface area (Å²) in [6, 6.07) is 3.09. The maximum absolute atomic E-state index is 12.8. The molecule has 1 aliphatic rings. The first-order valence-electron chi connectivity index (χ1n) is 7.11. The zero-order valence-corrected chi connectivity index (χ0v) is 14.3. The number of sulfonamides is 1. The highest BCUT2D eigenvalue weighted by molar-refractivity contribution is 7.88. The van der Waals surface area contributed by atoms with Crippen molar-refractivity contribution in [1.82, 2.24) is 4.31 Å². The molecule has 0 aliphatic carbocycles. The summed E-state index contributed by atoms with van der Waals surface area (Å²) in [7, 11) is -3.41. The Morgan fingerprint density at radius 2 is 2.04 bits per heavy atom. The lowest BCUT2D eigenvalue weighted by molar-refractivity contribution is -0.137. The fraction of sp³-hybridized carbons (Fsp3) is 0.500. The molecule has 134 valence electrons. The molecule has 0 bridgehead atoms. The van der Waals surface area contributed by atoms with Crippen LogP contribution in [0.5, 0.6) is 0 Å². The number of alkyl halides is 3. The largest absolute Gasteiger partial charge is 0.417 e. The van der Waals surface area contributed by atoms with Crippen LogP contribution >= 0.6 is 11.6 Å². The number of benzene rings is 1. The molecule has 1 atom stereocenters. The van der Waals surface area contributed by atoms with Crippen molar-refractivity contribution in [3.63, 3.8) is 0 Å². The number of piperidine rings is 1. The van der Waals surface area contributed by atoms with E-state index in [4.69, 9.17) is 11.6 Å². The van der Waals surface area contributed by atoms with Gasteiger partial charge in [0.05, 0.1) is 22.8 Å². The molecule has 1 fully saturated rings. The number of nitrogens with zero attached hydrogens (tertiary/aromatic N) is 1. The summed E-state index contributed by atoms with van der Waals surface area (Å²) >= 11 is 5.53. The van der Waals surface area contributed by atoms with Crippen molar-refractivity contribution in [3.05, 3.63) is 28.8 Å². The number of anilines is 1. The summed E-state index contributed by atoms with van der Waals surface area (Å²) in [5.41, 5.74) is -1.07. The average molecular weight is 385 g/mol. The van der Waals surface area contributed by atoms with Crippen LogP contribution in [0.1, 0.15) is 18.4 Å². The zero-order valence-electron chi connectivity index (χ0n) is 12.7. The molecule has 1 aliphatic heterocycles. The van der Waals surface area contributed by atoms with Crippen LogP contribution in [0.15, 0.2) is 18.2 Å². The van der Waals surface area contributed by atoms with Crippen molar-refractivity contribution >= 4 is 33.2 Å². The zero-order chi connectivity index (χ0) is 18.1. The second-order valence-corrected chi connectivity index (χ2v) is 8.03. The van der Waals surface area contributed by atoms with Crippen molar-refractivity contribution in [2.75, 3.05) is 24.7 Å². The number of halogens is 4. The minimum absolute atomic E-state index is 0.0182. The summed E-state index contributed by atoms with van der Waals surface area (Å²) in [4.78, 5) is 12.2. The first-order valence-corrected chi connectivity index (χ1v) is 9.34. The van der Waals surface area contributed by atoms with E-state index in [9.17, 15) is 26.4 Å². The molecule has 1 aromatic rings. The van der Waals surface area contributed by atoms with Gasteiger partial charge in [-0.2, -0.15) is 13.2 Å². The Kier molecular flexibility index (Phi) is 5.46. The van der Waals surface area contributed by atoms with Crippen molar-refractivity contribution in [2.45, 2.75) is 19.0 Å². The molecule has 10 heteroatoms. The van der Waals surface area contributed by atoms with E-state index >= 15 is 0 Å². The Labute approximate surface area is 142 Å². The lowest BCUT2D eigenvalue weighted by Gasteiger charge is -2.30. The van der Waals surface area contributed by atoms with Gasteiger partial charge < -0.3 is 5.32 Å². The van der Waals surface area contributed by atoms with Crippen molar-refractivity contribution in [1.29, 1.82) is 0 Å². The minimum atomic E-state index is -4.63. The number of hydrogen-bond donors (Lipinski definition) is 1. The van der Waals surface area contributed by atoms with Crippen molar-refractivity contribution in [2.24, 2.45) is 5.92 Å². The molecule has 1 saturated heterocycles. The highest BCUT2D eigenvalue weighted by Crippen LogP contribution is 2.36. The predicted molar refractivity (Wildman–Crippen MR) is 84.2 cm³/mol. The van der Waals surface area contributed by atoms with E-state index in [1.807, 2.05) is 0 Å². The van der Waals surface area contributed by atoms with Gasteiger partial charge in [-0.05, 0) is 31.0 Å². The van der Waals surface area contributed by atoms with Crippen LogP contribution in [0.25, 0.3) is 0 Å². The molecule has 1 heterocycles. The molecule has 1 N–H and O–H groups in total. The lowest BCUT2D eigenvalue weighted by Crippen LogP contribution is -2.43. The third-order valence-corrected chi connectivity index (χ3v) is 5.36. The number of hydrogen-bond acceptors (Lipinski definition) is 3. The first-order chi connectivity index (χ1) is 11.0. The van der Waals surface area contributed by atoms with Crippen molar-refractivity contribution in [3.8, 4) is 0 Å². The van der Waals surface area contributed by atoms with Gasteiger partial charge in [0, 0.05) is 18.8 Å². The molecular formula is C14H16ClF3N2O3S. The van der Waals surface area contributed by atoms with Gasteiger partial charge in [0.15, 0.2) is 0 Å². The molecule has 0 radical (unpaired) electrons. The summed E-state index contributed by atoms with van der Waals surface area (Å²) < 4.78 is 62.8. The molecule has 0 unspecified atom stereocenters. The monoisotopic (exact) mass is 384 g/mol. The molecule has 1 amide bonds. The van der Waals surface area contributed by atoms with Gasteiger partial charge in [0.2, 0.25) is 15.9 Å². The van der Waals surface area contributed by atoms with Crippen molar-refractivity contribution < 1.29 is 26.4 Å². The standard InChI is InChI=1S/C14H16ClF3N2O3S/c1-24(22,23)20-6-2-3-9(8-20)13(21)19-10-4-5-12(15)11(7-10)14(16,17)18/h4-5,7,9H,2-3,6,8H2,1H3,(H,19,21)/t9-/m1/s1. The van der Waals surface area contributed by atoms with Crippen LogP contribution in [-0.2, 0) is 21.0 Å². The summed E-state index contributed by atoms with van der Waals surface area (Å²) in [6.45, 7) is 0.353. The van der Waals surface area contributed by atoms with Gasteiger partial charge in [-0.3, -0.25) is 4.79 Å². The van der Waals surface area contributed by atoms with Gasteiger partial charge >= 0.3 is 6.18 Å². The molecule has 0 spiro atoms. The van der Waals surface area contributed by atoms with Gasteiger partial charge in [-0.1, -0.05) is 11.6 Å². The van der Waals surface area contributed by atoms with Gasteiger partial charge in [-0.15, -0.1) is 0 Å². The van der Waals surface area contributed by atoms with Crippen LogP contribution in [0, 0.1) is 5.92 Å². The maximum atomic E-state index is 12.8. The predicted octanol–water partition coefficient (Wildman–Crippen LogP) is 2.97. The number of carbonyl (C=O) groups is 1. The van der Waals surface area contributed by atoms with E-state index in [2.05, 4.69) is 5.32 Å². The first kappa shape index (κ1) is 19.0. The molecule has 2 rings (SSSR count). The summed E-state index contributed by atoms with van der Waals surface area (Å²) in [6.07, 6.45) is -2.59. The van der Waals surface area contributed by atoms with Crippen LogP contribution in [0.2, 0.25) is 5.02 Å². The SMILES string of the molecule is CS(=O)(=O)N1CCC[C@@H](C(=O)Nc2ccc(Cl)c(C(F)(F)F)c2)C1. The van der Waals surface area contributed by atoms with E-state index in [1.54, 1.807) is 0 Å².